The number of aromatic nitrogens is 2. The molecule has 16 heavy (non-hydrogen) atoms. The van der Waals surface area contributed by atoms with Crippen LogP contribution in [0, 0.1) is 0 Å². The number of para-hydroxylation sites is 2. The number of fused-ring (bicyclic) bond motifs is 1. The van der Waals surface area contributed by atoms with Crippen LogP contribution in [0.4, 0.5) is 5.95 Å². The van der Waals surface area contributed by atoms with E-state index in [1.54, 1.807) is 13.8 Å². The van der Waals surface area contributed by atoms with E-state index in [9.17, 15) is 5.11 Å². The summed E-state index contributed by atoms with van der Waals surface area (Å²) in [5, 5.41) is 9.74. The van der Waals surface area contributed by atoms with E-state index in [1.807, 2.05) is 36.2 Å². The summed E-state index contributed by atoms with van der Waals surface area (Å²) in [7, 11) is 1.91. The van der Waals surface area contributed by atoms with Gasteiger partial charge in [0.1, 0.15) is 0 Å². The number of H-pyrrole nitrogens is 1. The lowest BCUT2D eigenvalue weighted by molar-refractivity contribution is 0.0883. The van der Waals surface area contributed by atoms with E-state index in [-0.39, 0.29) is 0 Å². The highest BCUT2D eigenvalue weighted by Gasteiger charge is 2.17. The second kappa shape index (κ2) is 3.79. The molecule has 1 heterocycles. The molecule has 4 heteroatoms. The molecule has 0 spiro atoms. The van der Waals surface area contributed by atoms with E-state index in [0.717, 1.165) is 17.0 Å². The number of aromatic amines is 1. The molecule has 0 aliphatic carbocycles. The summed E-state index contributed by atoms with van der Waals surface area (Å²) in [4.78, 5) is 9.59. The van der Waals surface area contributed by atoms with Crippen molar-refractivity contribution in [3.63, 3.8) is 0 Å². The molecule has 0 unspecified atom stereocenters. The van der Waals surface area contributed by atoms with E-state index in [1.165, 1.54) is 0 Å². The van der Waals surface area contributed by atoms with Crippen LogP contribution in [0.25, 0.3) is 11.0 Å². The largest absolute Gasteiger partial charge is 0.389 e. The van der Waals surface area contributed by atoms with Gasteiger partial charge in [-0.05, 0) is 26.0 Å². The summed E-state index contributed by atoms with van der Waals surface area (Å²) in [6.07, 6.45) is 0. The monoisotopic (exact) mass is 219 g/mol. The zero-order valence-corrected chi connectivity index (χ0v) is 9.86. The van der Waals surface area contributed by atoms with Gasteiger partial charge in [-0.2, -0.15) is 0 Å². The predicted molar refractivity (Wildman–Crippen MR) is 65.7 cm³/mol. The minimum atomic E-state index is -0.728. The Morgan fingerprint density at radius 3 is 2.69 bits per heavy atom. The molecule has 0 atom stereocenters. The Morgan fingerprint density at radius 2 is 2.06 bits per heavy atom. The van der Waals surface area contributed by atoms with Crippen LogP contribution < -0.4 is 4.90 Å². The SMILES string of the molecule is CN(CC(C)(C)O)c1nc2ccccc2[nH]1. The van der Waals surface area contributed by atoms with Gasteiger partial charge in [0.25, 0.3) is 0 Å². The highest BCUT2D eigenvalue weighted by Crippen LogP contribution is 2.17. The maximum absolute atomic E-state index is 9.74. The van der Waals surface area contributed by atoms with Gasteiger partial charge >= 0.3 is 0 Å². The highest BCUT2D eigenvalue weighted by atomic mass is 16.3. The van der Waals surface area contributed by atoms with Gasteiger partial charge in [0.2, 0.25) is 5.95 Å². The molecule has 0 bridgehead atoms. The fourth-order valence-corrected chi connectivity index (χ4v) is 1.78. The number of benzene rings is 1. The molecule has 86 valence electrons. The van der Waals surface area contributed by atoms with Crippen molar-refractivity contribution >= 4 is 17.0 Å². The Balaban J connectivity index is 2.26. The number of likely N-dealkylation sites (N-methyl/N-ethyl adjacent to an activating group) is 1. The molecule has 0 radical (unpaired) electrons. The second-order valence-electron chi connectivity index (χ2n) is 4.75. The van der Waals surface area contributed by atoms with Crippen LogP contribution in [-0.4, -0.2) is 34.3 Å². The van der Waals surface area contributed by atoms with Gasteiger partial charge < -0.3 is 15.0 Å². The van der Waals surface area contributed by atoms with Crippen molar-refractivity contribution < 1.29 is 5.11 Å². The fraction of sp³-hybridized carbons (Fsp3) is 0.417. The van der Waals surface area contributed by atoms with Gasteiger partial charge in [-0.15, -0.1) is 0 Å². The summed E-state index contributed by atoms with van der Waals surface area (Å²) < 4.78 is 0. The molecule has 0 fully saturated rings. The van der Waals surface area contributed by atoms with Crippen molar-refractivity contribution in [3.05, 3.63) is 24.3 Å². The van der Waals surface area contributed by atoms with Gasteiger partial charge in [-0.3, -0.25) is 0 Å². The first-order chi connectivity index (χ1) is 7.46. The van der Waals surface area contributed by atoms with Crippen molar-refractivity contribution in [1.29, 1.82) is 0 Å². The first-order valence-corrected chi connectivity index (χ1v) is 5.34. The Labute approximate surface area is 94.9 Å². The van der Waals surface area contributed by atoms with Crippen LogP contribution in [0.3, 0.4) is 0 Å². The van der Waals surface area contributed by atoms with Crippen molar-refractivity contribution in [2.75, 3.05) is 18.5 Å². The molecule has 0 amide bonds. The van der Waals surface area contributed by atoms with Crippen LogP contribution in [0.2, 0.25) is 0 Å². The van der Waals surface area contributed by atoms with Gasteiger partial charge in [-0.1, -0.05) is 12.1 Å². The average molecular weight is 219 g/mol. The van der Waals surface area contributed by atoms with Crippen LogP contribution in [0.5, 0.6) is 0 Å². The first kappa shape index (κ1) is 11.0. The van der Waals surface area contributed by atoms with Gasteiger partial charge in [-0.25, -0.2) is 4.98 Å². The maximum Gasteiger partial charge on any atom is 0.203 e. The molecule has 0 saturated heterocycles. The number of imidazole rings is 1. The Kier molecular flexibility index (Phi) is 2.59. The van der Waals surface area contributed by atoms with Crippen LogP contribution in [-0.2, 0) is 0 Å². The summed E-state index contributed by atoms with van der Waals surface area (Å²) in [5.41, 5.74) is 1.23. The molecule has 0 aliphatic rings. The van der Waals surface area contributed by atoms with E-state index < -0.39 is 5.60 Å². The number of nitrogens with zero attached hydrogens (tertiary/aromatic N) is 2. The maximum atomic E-state index is 9.74. The summed E-state index contributed by atoms with van der Waals surface area (Å²) >= 11 is 0. The molecule has 2 aromatic rings. The highest BCUT2D eigenvalue weighted by molar-refractivity contribution is 5.77. The van der Waals surface area contributed by atoms with Crippen molar-refractivity contribution in [2.24, 2.45) is 0 Å². The second-order valence-corrected chi connectivity index (χ2v) is 4.75. The number of nitrogens with one attached hydrogen (secondary N) is 1. The average Bonchev–Trinajstić information content (AvgIpc) is 2.58. The topological polar surface area (TPSA) is 52.1 Å². The molecule has 4 nitrogen and oxygen atoms in total. The molecular formula is C12H17N3O. The Hall–Kier alpha value is -1.55. The van der Waals surface area contributed by atoms with E-state index >= 15 is 0 Å². The van der Waals surface area contributed by atoms with Crippen molar-refractivity contribution in [3.8, 4) is 0 Å². The van der Waals surface area contributed by atoms with Crippen LogP contribution in [0.1, 0.15) is 13.8 Å². The number of hydrogen-bond donors (Lipinski definition) is 2. The number of rotatable bonds is 3. The lowest BCUT2D eigenvalue weighted by Gasteiger charge is -2.24. The molecule has 1 aromatic carbocycles. The number of aliphatic hydroxyl groups is 1. The molecule has 1 aromatic heterocycles. The summed E-state index contributed by atoms with van der Waals surface area (Å²) in [6.45, 7) is 4.10. The van der Waals surface area contributed by atoms with E-state index in [0.29, 0.717) is 6.54 Å². The quantitative estimate of drug-likeness (QED) is 0.827. The third-order valence-electron chi connectivity index (χ3n) is 2.36. The Bertz CT molecular complexity index is 451. The number of anilines is 1. The third kappa shape index (κ3) is 2.33. The molecule has 0 saturated carbocycles. The molecule has 2 rings (SSSR count). The summed E-state index contributed by atoms with van der Waals surface area (Å²) in [5.74, 6) is 0.781. The molecular weight excluding hydrogens is 202 g/mol. The Morgan fingerprint density at radius 1 is 1.38 bits per heavy atom. The summed E-state index contributed by atoms with van der Waals surface area (Å²) in [6, 6.07) is 7.89. The zero-order valence-electron chi connectivity index (χ0n) is 9.86. The third-order valence-corrected chi connectivity index (χ3v) is 2.36. The standard InChI is InChI=1S/C12H17N3O/c1-12(2,16)8-15(3)11-13-9-6-4-5-7-10(9)14-11/h4-7,16H,8H2,1-3H3,(H,13,14). The fourth-order valence-electron chi connectivity index (χ4n) is 1.78. The minimum Gasteiger partial charge on any atom is -0.389 e. The normalized spacial score (nSPS) is 12.0. The van der Waals surface area contributed by atoms with Gasteiger partial charge in [0.05, 0.1) is 16.6 Å². The van der Waals surface area contributed by atoms with Gasteiger partial charge in [0.15, 0.2) is 0 Å². The van der Waals surface area contributed by atoms with Crippen molar-refractivity contribution in [1.82, 2.24) is 9.97 Å². The number of hydrogen-bond acceptors (Lipinski definition) is 3. The molecule has 0 aliphatic heterocycles. The lowest BCUT2D eigenvalue weighted by Crippen LogP contribution is -2.36. The smallest absolute Gasteiger partial charge is 0.203 e. The molecule has 2 N–H and O–H groups in total. The predicted octanol–water partition coefficient (Wildman–Crippen LogP) is 1.77. The van der Waals surface area contributed by atoms with E-state index in [4.69, 9.17) is 0 Å². The first-order valence-electron chi connectivity index (χ1n) is 5.34. The minimum absolute atomic E-state index is 0.535. The lowest BCUT2D eigenvalue weighted by atomic mass is 10.1. The van der Waals surface area contributed by atoms with E-state index in [2.05, 4.69) is 9.97 Å². The van der Waals surface area contributed by atoms with Crippen LogP contribution in [0.15, 0.2) is 24.3 Å². The zero-order chi connectivity index (χ0) is 11.8. The van der Waals surface area contributed by atoms with Crippen LogP contribution >= 0.6 is 0 Å². The van der Waals surface area contributed by atoms with Crippen molar-refractivity contribution in [2.45, 2.75) is 19.4 Å². The van der Waals surface area contributed by atoms with Gasteiger partial charge in [0, 0.05) is 13.6 Å².